The molecule has 82 valence electrons. The van der Waals surface area contributed by atoms with Gasteiger partial charge in [0.25, 0.3) is 0 Å². The fourth-order valence-corrected chi connectivity index (χ4v) is 1.69. The van der Waals surface area contributed by atoms with Gasteiger partial charge in [-0.15, -0.1) is 0 Å². The quantitative estimate of drug-likeness (QED) is 0.790. The Morgan fingerprint density at radius 1 is 0.938 bits per heavy atom. The third-order valence-electron chi connectivity index (χ3n) is 2.57. The molecule has 1 N–H and O–H groups in total. The van der Waals surface area contributed by atoms with E-state index in [2.05, 4.69) is 0 Å². The SMILES string of the molecule is Cc1ccccc1N(O)Cc1ccccc1. The van der Waals surface area contributed by atoms with Crippen LogP contribution in [0.2, 0.25) is 0 Å². The van der Waals surface area contributed by atoms with Crippen LogP contribution in [0.25, 0.3) is 0 Å². The van der Waals surface area contributed by atoms with Crippen LogP contribution in [0, 0.1) is 6.92 Å². The normalized spacial score (nSPS) is 10.1. The van der Waals surface area contributed by atoms with Crippen molar-refractivity contribution in [1.82, 2.24) is 0 Å². The highest BCUT2D eigenvalue weighted by Gasteiger charge is 2.05. The summed E-state index contributed by atoms with van der Waals surface area (Å²) < 4.78 is 0. The van der Waals surface area contributed by atoms with Gasteiger partial charge in [0.1, 0.15) is 0 Å². The summed E-state index contributed by atoms with van der Waals surface area (Å²) in [6, 6.07) is 17.7. The Labute approximate surface area is 95.7 Å². The molecule has 0 heterocycles. The molecule has 0 aliphatic heterocycles. The number of para-hydroxylation sites is 1. The Balaban J connectivity index is 2.15. The summed E-state index contributed by atoms with van der Waals surface area (Å²) in [5, 5.41) is 11.3. The van der Waals surface area contributed by atoms with Crippen molar-refractivity contribution in [2.24, 2.45) is 0 Å². The van der Waals surface area contributed by atoms with Gasteiger partial charge in [0, 0.05) is 0 Å². The Kier molecular flexibility index (Phi) is 3.22. The first-order valence-electron chi connectivity index (χ1n) is 5.33. The van der Waals surface area contributed by atoms with E-state index < -0.39 is 0 Å². The van der Waals surface area contributed by atoms with Crippen molar-refractivity contribution in [1.29, 1.82) is 0 Å². The van der Waals surface area contributed by atoms with Crippen LogP contribution in [0.5, 0.6) is 0 Å². The number of hydrogen-bond donors (Lipinski definition) is 1. The molecule has 0 aliphatic rings. The summed E-state index contributed by atoms with van der Waals surface area (Å²) in [4.78, 5) is 0. The smallest absolute Gasteiger partial charge is 0.0704 e. The average Bonchev–Trinajstić information content (AvgIpc) is 2.31. The van der Waals surface area contributed by atoms with E-state index in [1.807, 2.05) is 61.5 Å². The molecular weight excluding hydrogens is 198 g/mol. The van der Waals surface area contributed by atoms with E-state index in [-0.39, 0.29) is 0 Å². The van der Waals surface area contributed by atoms with E-state index >= 15 is 0 Å². The van der Waals surface area contributed by atoms with Crippen LogP contribution in [-0.4, -0.2) is 5.21 Å². The summed E-state index contributed by atoms with van der Waals surface area (Å²) >= 11 is 0. The highest BCUT2D eigenvalue weighted by molar-refractivity contribution is 5.50. The summed E-state index contributed by atoms with van der Waals surface area (Å²) in [6.45, 7) is 2.50. The monoisotopic (exact) mass is 213 g/mol. The molecule has 0 bridgehead atoms. The van der Waals surface area contributed by atoms with Crippen molar-refractivity contribution in [3.05, 3.63) is 65.7 Å². The summed E-state index contributed by atoms with van der Waals surface area (Å²) in [5.41, 5.74) is 3.01. The second-order valence-corrected chi connectivity index (χ2v) is 3.83. The molecule has 0 aliphatic carbocycles. The molecule has 0 unspecified atom stereocenters. The van der Waals surface area contributed by atoms with Crippen LogP contribution in [0.15, 0.2) is 54.6 Å². The molecule has 0 saturated heterocycles. The van der Waals surface area contributed by atoms with Gasteiger partial charge >= 0.3 is 0 Å². The van der Waals surface area contributed by atoms with E-state index in [1.165, 1.54) is 5.06 Å². The zero-order valence-corrected chi connectivity index (χ0v) is 9.30. The topological polar surface area (TPSA) is 23.5 Å². The van der Waals surface area contributed by atoms with Gasteiger partial charge in [-0.05, 0) is 24.1 Å². The molecular formula is C14H15NO. The minimum atomic E-state index is 0.506. The fraction of sp³-hybridized carbons (Fsp3) is 0.143. The first-order valence-corrected chi connectivity index (χ1v) is 5.33. The van der Waals surface area contributed by atoms with Gasteiger partial charge in [-0.1, -0.05) is 48.5 Å². The van der Waals surface area contributed by atoms with Crippen molar-refractivity contribution in [2.45, 2.75) is 13.5 Å². The van der Waals surface area contributed by atoms with Gasteiger partial charge in [0.15, 0.2) is 0 Å². The first kappa shape index (κ1) is 10.7. The lowest BCUT2D eigenvalue weighted by atomic mass is 10.1. The maximum Gasteiger partial charge on any atom is 0.0704 e. The minimum absolute atomic E-state index is 0.506. The Morgan fingerprint density at radius 3 is 2.25 bits per heavy atom. The maximum absolute atomic E-state index is 9.99. The van der Waals surface area contributed by atoms with Gasteiger partial charge in [0.05, 0.1) is 12.2 Å². The van der Waals surface area contributed by atoms with Crippen molar-refractivity contribution in [3.8, 4) is 0 Å². The van der Waals surface area contributed by atoms with Crippen LogP contribution in [-0.2, 0) is 6.54 Å². The molecule has 2 rings (SSSR count). The predicted octanol–water partition coefficient (Wildman–Crippen LogP) is 3.39. The number of rotatable bonds is 3. The van der Waals surface area contributed by atoms with E-state index in [4.69, 9.17) is 0 Å². The standard InChI is InChI=1S/C14H15NO/c1-12-7-5-6-10-14(12)15(16)11-13-8-3-2-4-9-13/h2-10,16H,11H2,1H3. The molecule has 16 heavy (non-hydrogen) atoms. The summed E-state index contributed by atoms with van der Waals surface area (Å²) in [7, 11) is 0. The number of hydroxylamine groups is 1. The van der Waals surface area contributed by atoms with Crippen LogP contribution in [0.4, 0.5) is 5.69 Å². The number of benzene rings is 2. The van der Waals surface area contributed by atoms with Crippen LogP contribution in [0.3, 0.4) is 0 Å². The molecule has 0 radical (unpaired) electrons. The van der Waals surface area contributed by atoms with Gasteiger partial charge in [-0.3, -0.25) is 10.3 Å². The number of aryl methyl sites for hydroxylation is 1. The molecule has 0 amide bonds. The second-order valence-electron chi connectivity index (χ2n) is 3.83. The lowest BCUT2D eigenvalue weighted by Gasteiger charge is -2.18. The third-order valence-corrected chi connectivity index (χ3v) is 2.57. The molecule has 2 heteroatoms. The zero-order chi connectivity index (χ0) is 11.4. The Bertz CT molecular complexity index is 453. The zero-order valence-electron chi connectivity index (χ0n) is 9.30. The molecule has 0 atom stereocenters. The number of anilines is 1. The van der Waals surface area contributed by atoms with E-state index in [9.17, 15) is 5.21 Å². The molecule has 2 aromatic rings. The molecule has 2 aromatic carbocycles. The molecule has 0 fully saturated rings. The summed E-state index contributed by atoms with van der Waals surface area (Å²) in [6.07, 6.45) is 0. The second kappa shape index (κ2) is 4.81. The highest BCUT2D eigenvalue weighted by atomic mass is 16.5. The first-order chi connectivity index (χ1) is 7.77. The van der Waals surface area contributed by atoms with Gasteiger partial charge < -0.3 is 0 Å². The Hall–Kier alpha value is -1.80. The predicted molar refractivity (Wildman–Crippen MR) is 65.6 cm³/mol. The van der Waals surface area contributed by atoms with Crippen molar-refractivity contribution < 1.29 is 5.21 Å². The van der Waals surface area contributed by atoms with Gasteiger partial charge in [-0.25, -0.2) is 0 Å². The lowest BCUT2D eigenvalue weighted by molar-refractivity contribution is 0.249. The lowest BCUT2D eigenvalue weighted by Crippen LogP contribution is -2.18. The molecule has 0 saturated carbocycles. The largest absolute Gasteiger partial charge is 0.288 e. The maximum atomic E-state index is 9.99. The van der Waals surface area contributed by atoms with Gasteiger partial charge in [0.2, 0.25) is 0 Å². The third kappa shape index (κ3) is 2.41. The van der Waals surface area contributed by atoms with Gasteiger partial charge in [-0.2, -0.15) is 0 Å². The van der Waals surface area contributed by atoms with E-state index in [1.54, 1.807) is 0 Å². The van der Waals surface area contributed by atoms with Crippen molar-refractivity contribution in [2.75, 3.05) is 5.06 Å². The minimum Gasteiger partial charge on any atom is -0.288 e. The summed E-state index contributed by atoms with van der Waals surface area (Å²) in [5.74, 6) is 0. The number of nitrogens with zero attached hydrogens (tertiary/aromatic N) is 1. The van der Waals surface area contributed by atoms with Crippen molar-refractivity contribution in [3.63, 3.8) is 0 Å². The number of hydrogen-bond acceptors (Lipinski definition) is 2. The Morgan fingerprint density at radius 2 is 1.56 bits per heavy atom. The van der Waals surface area contributed by atoms with Crippen LogP contribution < -0.4 is 5.06 Å². The van der Waals surface area contributed by atoms with Crippen molar-refractivity contribution >= 4 is 5.69 Å². The van der Waals surface area contributed by atoms with E-state index in [0.29, 0.717) is 6.54 Å². The molecule has 0 spiro atoms. The molecule has 2 nitrogen and oxygen atoms in total. The van der Waals surface area contributed by atoms with Crippen LogP contribution in [0.1, 0.15) is 11.1 Å². The fourth-order valence-electron chi connectivity index (χ4n) is 1.69. The van der Waals surface area contributed by atoms with E-state index in [0.717, 1.165) is 16.8 Å². The van der Waals surface area contributed by atoms with Crippen LogP contribution >= 0.6 is 0 Å². The average molecular weight is 213 g/mol. The highest BCUT2D eigenvalue weighted by Crippen LogP contribution is 2.19. The molecule has 0 aromatic heterocycles.